The highest BCUT2D eigenvalue weighted by Gasteiger charge is 2.10. The van der Waals surface area contributed by atoms with Crippen molar-refractivity contribution in [3.8, 4) is 0 Å². The van der Waals surface area contributed by atoms with Crippen molar-refractivity contribution in [2.45, 2.75) is 14.0 Å². The van der Waals surface area contributed by atoms with Gasteiger partial charge in [-0.1, -0.05) is 19.6 Å². The van der Waals surface area contributed by atoms with E-state index in [0.717, 1.165) is 26.2 Å². The molecular formula is C13H22N2O. The first-order valence-electron chi connectivity index (χ1n) is 5.44. The largest absolute Gasteiger partial charge is 0.380 e. The molecule has 1 saturated heterocycles. The van der Waals surface area contributed by atoms with E-state index in [4.69, 9.17) is 4.74 Å². The van der Waals surface area contributed by atoms with E-state index in [9.17, 15) is 0 Å². The first-order valence-corrected chi connectivity index (χ1v) is 5.44. The molecule has 0 radical (unpaired) electrons. The average Bonchev–Trinajstić information content (AvgIpc) is 2.31. The van der Waals surface area contributed by atoms with Gasteiger partial charge in [0.15, 0.2) is 0 Å². The molecule has 0 aromatic heterocycles. The van der Waals surface area contributed by atoms with Gasteiger partial charge >= 0.3 is 0 Å². The summed E-state index contributed by atoms with van der Waals surface area (Å²) >= 11 is 0. The third-order valence-electron chi connectivity index (χ3n) is 2.70. The molecule has 0 amide bonds. The van der Waals surface area contributed by atoms with Gasteiger partial charge in [0, 0.05) is 39.0 Å². The van der Waals surface area contributed by atoms with Gasteiger partial charge in [-0.05, 0) is 17.7 Å². The Kier molecular flexibility index (Phi) is 5.29. The van der Waals surface area contributed by atoms with E-state index >= 15 is 0 Å². The second-order valence-electron chi connectivity index (χ2n) is 3.84. The van der Waals surface area contributed by atoms with Gasteiger partial charge in [0.1, 0.15) is 0 Å². The number of hydrogen-bond acceptors (Lipinski definition) is 3. The molecule has 2 rings (SSSR count). The van der Waals surface area contributed by atoms with Crippen LogP contribution in [0, 0.1) is 0 Å². The summed E-state index contributed by atoms with van der Waals surface area (Å²) in [5, 5.41) is 3.36. The van der Waals surface area contributed by atoms with Crippen LogP contribution in [-0.4, -0.2) is 33.3 Å². The molecule has 1 aliphatic rings. The minimum absolute atomic E-state index is 0. The monoisotopic (exact) mass is 222 g/mol. The summed E-state index contributed by atoms with van der Waals surface area (Å²) in [5.41, 5.74) is 2.56. The van der Waals surface area contributed by atoms with E-state index in [0.29, 0.717) is 6.61 Å². The van der Waals surface area contributed by atoms with Crippen molar-refractivity contribution in [2.75, 3.05) is 38.2 Å². The molecule has 0 saturated carbocycles. The van der Waals surface area contributed by atoms with Crippen LogP contribution in [0.25, 0.3) is 0 Å². The SMILES string of the molecule is C.COCc1cccc(N2CCNCC2)c1. The summed E-state index contributed by atoms with van der Waals surface area (Å²) in [6.07, 6.45) is 0. The first-order chi connectivity index (χ1) is 7.40. The number of rotatable bonds is 3. The van der Waals surface area contributed by atoms with Crippen molar-refractivity contribution in [1.29, 1.82) is 0 Å². The molecule has 1 N–H and O–H groups in total. The van der Waals surface area contributed by atoms with Crippen molar-refractivity contribution >= 4 is 5.69 Å². The van der Waals surface area contributed by atoms with Crippen LogP contribution in [0.3, 0.4) is 0 Å². The molecule has 3 heteroatoms. The number of nitrogens with zero attached hydrogens (tertiary/aromatic N) is 1. The molecule has 3 nitrogen and oxygen atoms in total. The molecule has 1 fully saturated rings. The van der Waals surface area contributed by atoms with Gasteiger partial charge in [-0.25, -0.2) is 0 Å². The van der Waals surface area contributed by atoms with Gasteiger partial charge in [0.05, 0.1) is 6.61 Å². The van der Waals surface area contributed by atoms with Gasteiger partial charge in [-0.15, -0.1) is 0 Å². The summed E-state index contributed by atoms with van der Waals surface area (Å²) in [4.78, 5) is 2.41. The maximum Gasteiger partial charge on any atom is 0.0713 e. The fourth-order valence-electron chi connectivity index (χ4n) is 1.93. The van der Waals surface area contributed by atoms with Gasteiger partial charge in [-0.3, -0.25) is 0 Å². The topological polar surface area (TPSA) is 24.5 Å². The molecule has 1 aromatic carbocycles. The summed E-state index contributed by atoms with van der Waals surface area (Å²) in [7, 11) is 1.73. The van der Waals surface area contributed by atoms with Gasteiger partial charge in [-0.2, -0.15) is 0 Å². The average molecular weight is 222 g/mol. The minimum Gasteiger partial charge on any atom is -0.380 e. The highest BCUT2D eigenvalue weighted by Crippen LogP contribution is 2.17. The molecule has 0 aliphatic carbocycles. The van der Waals surface area contributed by atoms with Crippen LogP contribution >= 0.6 is 0 Å². The van der Waals surface area contributed by atoms with E-state index in [2.05, 4.69) is 34.5 Å². The molecular weight excluding hydrogens is 200 g/mol. The second-order valence-corrected chi connectivity index (χ2v) is 3.84. The Bertz CT molecular complexity index is 309. The third kappa shape index (κ3) is 3.22. The van der Waals surface area contributed by atoms with E-state index in [1.165, 1.54) is 11.3 Å². The Morgan fingerprint density at radius 2 is 2.06 bits per heavy atom. The Morgan fingerprint density at radius 3 is 2.75 bits per heavy atom. The zero-order valence-electron chi connectivity index (χ0n) is 9.20. The second kappa shape index (κ2) is 6.51. The number of piperazine rings is 1. The normalized spacial score (nSPS) is 15.7. The number of nitrogens with one attached hydrogen (secondary N) is 1. The lowest BCUT2D eigenvalue weighted by molar-refractivity contribution is 0.185. The van der Waals surface area contributed by atoms with Crippen molar-refractivity contribution in [3.05, 3.63) is 29.8 Å². The summed E-state index contributed by atoms with van der Waals surface area (Å²) < 4.78 is 5.14. The Labute approximate surface area is 98.4 Å². The standard InChI is InChI=1S/C12H18N2O.CH4/c1-15-10-11-3-2-4-12(9-11)14-7-5-13-6-8-14;/h2-4,9,13H,5-8,10H2,1H3;1H4. The van der Waals surface area contributed by atoms with Crippen molar-refractivity contribution in [3.63, 3.8) is 0 Å². The zero-order valence-corrected chi connectivity index (χ0v) is 9.20. The lowest BCUT2D eigenvalue weighted by Crippen LogP contribution is -2.43. The maximum atomic E-state index is 5.14. The number of methoxy groups -OCH3 is 1. The van der Waals surface area contributed by atoms with Crippen LogP contribution in [0.15, 0.2) is 24.3 Å². The first kappa shape index (κ1) is 13.0. The third-order valence-corrected chi connectivity index (χ3v) is 2.70. The predicted molar refractivity (Wildman–Crippen MR) is 69.0 cm³/mol. The van der Waals surface area contributed by atoms with Crippen LogP contribution in [0.5, 0.6) is 0 Å². The molecule has 90 valence electrons. The maximum absolute atomic E-state index is 5.14. The highest BCUT2D eigenvalue weighted by molar-refractivity contribution is 5.48. The Balaban J connectivity index is 0.00000128. The van der Waals surface area contributed by atoms with Gasteiger partial charge in [0.25, 0.3) is 0 Å². The molecule has 16 heavy (non-hydrogen) atoms. The van der Waals surface area contributed by atoms with E-state index in [1.54, 1.807) is 7.11 Å². The van der Waals surface area contributed by atoms with Crippen LogP contribution in [0.1, 0.15) is 13.0 Å². The van der Waals surface area contributed by atoms with Crippen molar-refractivity contribution in [1.82, 2.24) is 5.32 Å². The fraction of sp³-hybridized carbons (Fsp3) is 0.538. The number of anilines is 1. The molecule has 0 bridgehead atoms. The minimum atomic E-state index is 0. The molecule has 1 heterocycles. The zero-order chi connectivity index (χ0) is 10.5. The highest BCUT2D eigenvalue weighted by atomic mass is 16.5. The number of ether oxygens (including phenoxy) is 1. The van der Waals surface area contributed by atoms with Crippen LogP contribution in [0.4, 0.5) is 5.69 Å². The fourth-order valence-corrected chi connectivity index (χ4v) is 1.93. The lowest BCUT2D eigenvalue weighted by Gasteiger charge is -2.29. The van der Waals surface area contributed by atoms with Gasteiger partial charge in [0.2, 0.25) is 0 Å². The quantitative estimate of drug-likeness (QED) is 0.845. The van der Waals surface area contributed by atoms with Crippen molar-refractivity contribution < 1.29 is 4.74 Å². The molecule has 0 unspecified atom stereocenters. The van der Waals surface area contributed by atoms with E-state index < -0.39 is 0 Å². The Morgan fingerprint density at radius 1 is 1.31 bits per heavy atom. The molecule has 1 aliphatic heterocycles. The summed E-state index contributed by atoms with van der Waals surface area (Å²) in [5.74, 6) is 0. The van der Waals surface area contributed by atoms with Crippen LogP contribution in [0.2, 0.25) is 0 Å². The molecule has 0 atom stereocenters. The van der Waals surface area contributed by atoms with E-state index in [-0.39, 0.29) is 7.43 Å². The van der Waals surface area contributed by atoms with Crippen LogP contribution < -0.4 is 10.2 Å². The summed E-state index contributed by atoms with van der Waals surface area (Å²) in [6, 6.07) is 8.60. The van der Waals surface area contributed by atoms with Crippen LogP contribution in [-0.2, 0) is 11.3 Å². The lowest BCUT2D eigenvalue weighted by atomic mass is 10.2. The molecule has 1 aromatic rings. The molecule has 0 spiro atoms. The summed E-state index contributed by atoms with van der Waals surface area (Å²) in [6.45, 7) is 5.04. The predicted octanol–water partition coefficient (Wildman–Crippen LogP) is 1.88. The number of hydrogen-bond donors (Lipinski definition) is 1. The number of benzene rings is 1. The van der Waals surface area contributed by atoms with Crippen molar-refractivity contribution in [2.24, 2.45) is 0 Å². The van der Waals surface area contributed by atoms with E-state index in [1.807, 2.05) is 0 Å². The van der Waals surface area contributed by atoms with Gasteiger partial charge < -0.3 is 15.0 Å². The smallest absolute Gasteiger partial charge is 0.0713 e. The Hall–Kier alpha value is -1.06.